The van der Waals surface area contributed by atoms with Crippen LogP contribution in [0.3, 0.4) is 0 Å². The summed E-state index contributed by atoms with van der Waals surface area (Å²) in [6, 6.07) is 0. The van der Waals surface area contributed by atoms with Crippen LogP contribution in [0.1, 0.15) is 66.2 Å². The van der Waals surface area contributed by atoms with E-state index in [9.17, 15) is 9.59 Å². The number of Topliss-reactive ketones (excluding diaryl/α,β-unsaturated/α-hetero) is 1. The highest BCUT2D eigenvalue weighted by molar-refractivity contribution is 5.87. The van der Waals surface area contributed by atoms with Gasteiger partial charge in [0.15, 0.2) is 0 Å². The van der Waals surface area contributed by atoms with Gasteiger partial charge in [0, 0.05) is 24.3 Å². The van der Waals surface area contributed by atoms with Crippen LogP contribution < -0.4 is 0 Å². The van der Waals surface area contributed by atoms with E-state index in [1.807, 2.05) is 13.8 Å². The van der Waals surface area contributed by atoms with Crippen molar-refractivity contribution in [1.82, 2.24) is 0 Å². The van der Waals surface area contributed by atoms with Crippen LogP contribution in [0.4, 0.5) is 0 Å². The van der Waals surface area contributed by atoms with E-state index in [-0.39, 0.29) is 35.1 Å². The average molecular weight is 322 g/mol. The van der Waals surface area contributed by atoms with Crippen molar-refractivity contribution in [3.8, 4) is 0 Å². The molecule has 0 saturated carbocycles. The molecule has 0 aromatic carbocycles. The molecule has 0 aromatic heterocycles. The molecule has 4 heteroatoms. The average Bonchev–Trinajstić information content (AvgIpc) is 3.14. The molecule has 4 nitrogen and oxygen atoms in total. The molecule has 2 atom stereocenters. The van der Waals surface area contributed by atoms with Crippen molar-refractivity contribution in [2.24, 2.45) is 10.8 Å². The van der Waals surface area contributed by atoms with Gasteiger partial charge in [-0.05, 0) is 24.7 Å². The van der Waals surface area contributed by atoms with E-state index in [1.165, 1.54) is 6.08 Å². The van der Waals surface area contributed by atoms with Crippen molar-refractivity contribution >= 4 is 11.8 Å². The fourth-order valence-electron chi connectivity index (χ4n) is 3.71. The highest BCUT2D eigenvalue weighted by atomic mass is 16.6. The lowest BCUT2D eigenvalue weighted by Gasteiger charge is -2.34. The first-order valence-corrected chi connectivity index (χ1v) is 8.72. The Morgan fingerprint density at radius 3 is 2.52 bits per heavy atom. The first-order valence-electron chi connectivity index (χ1n) is 8.72. The predicted octanol–water partition coefficient (Wildman–Crippen LogP) is 3.83. The largest absolute Gasteiger partial charge is 0.462 e. The number of cyclic esters (lactones) is 1. The van der Waals surface area contributed by atoms with E-state index in [1.54, 1.807) is 6.08 Å². The van der Waals surface area contributed by atoms with Crippen molar-refractivity contribution in [3.63, 3.8) is 0 Å². The number of ketones is 1. The Hall–Kier alpha value is -1.16. The van der Waals surface area contributed by atoms with Gasteiger partial charge in [-0.2, -0.15) is 0 Å². The minimum absolute atomic E-state index is 0.128. The summed E-state index contributed by atoms with van der Waals surface area (Å²) in [5, 5.41) is 0. The van der Waals surface area contributed by atoms with Gasteiger partial charge in [0.25, 0.3) is 0 Å². The Morgan fingerprint density at radius 2 is 1.78 bits per heavy atom. The smallest absolute Gasteiger partial charge is 0.330 e. The highest BCUT2D eigenvalue weighted by Crippen LogP contribution is 2.40. The van der Waals surface area contributed by atoms with Gasteiger partial charge >= 0.3 is 5.97 Å². The number of carbonyl (C=O) groups is 2. The molecule has 0 radical (unpaired) electrons. The Labute approximate surface area is 139 Å². The van der Waals surface area contributed by atoms with Crippen molar-refractivity contribution in [2.45, 2.75) is 78.4 Å². The van der Waals surface area contributed by atoms with Crippen LogP contribution in [0, 0.1) is 10.8 Å². The molecular weight excluding hydrogens is 292 g/mol. The molecular formula is C19H30O4. The summed E-state index contributed by atoms with van der Waals surface area (Å²) in [5.41, 5.74) is -0.253. The lowest BCUT2D eigenvalue weighted by atomic mass is 9.70. The summed E-state index contributed by atoms with van der Waals surface area (Å²) in [4.78, 5) is 24.1. The first kappa shape index (κ1) is 18.2. The number of hydrogen-bond acceptors (Lipinski definition) is 4. The summed E-state index contributed by atoms with van der Waals surface area (Å²) >= 11 is 0. The van der Waals surface area contributed by atoms with Gasteiger partial charge in [-0.1, -0.05) is 40.2 Å². The third kappa shape index (κ3) is 5.76. The van der Waals surface area contributed by atoms with E-state index in [4.69, 9.17) is 9.47 Å². The number of rotatable bonds is 0. The van der Waals surface area contributed by atoms with E-state index in [0.29, 0.717) is 12.7 Å². The number of ether oxygens (including phenoxy) is 2. The molecule has 23 heavy (non-hydrogen) atoms. The predicted molar refractivity (Wildman–Crippen MR) is 89.0 cm³/mol. The SMILES string of the molecule is CC1(C)CCCC2OC2CCOC(=O)/C=C/CC(=O)C(C)(C)C1. The number of esters is 1. The minimum Gasteiger partial charge on any atom is -0.462 e. The Morgan fingerprint density at radius 1 is 1.09 bits per heavy atom. The monoisotopic (exact) mass is 322 g/mol. The number of carbonyl (C=O) groups excluding carboxylic acids is 2. The molecule has 2 rings (SSSR count). The molecule has 0 N–H and O–H groups in total. The lowest BCUT2D eigenvalue weighted by Crippen LogP contribution is -2.30. The maximum absolute atomic E-state index is 12.5. The number of hydrogen-bond donors (Lipinski definition) is 0. The number of allylic oxidation sites excluding steroid dienone is 1. The van der Waals surface area contributed by atoms with E-state index in [2.05, 4.69) is 13.8 Å². The fraction of sp³-hybridized carbons (Fsp3) is 0.789. The Bertz CT molecular complexity index is 476. The molecule has 1 saturated heterocycles. The third-order valence-corrected chi connectivity index (χ3v) is 4.91. The van der Waals surface area contributed by atoms with Crippen LogP contribution in [0.25, 0.3) is 0 Å². The van der Waals surface area contributed by atoms with E-state index in [0.717, 1.165) is 32.1 Å². The minimum atomic E-state index is -0.382. The summed E-state index contributed by atoms with van der Waals surface area (Å²) in [6.45, 7) is 8.88. The van der Waals surface area contributed by atoms with Crippen LogP contribution >= 0.6 is 0 Å². The number of fused-ring (bicyclic) bond motifs is 1. The molecule has 2 aliphatic heterocycles. The lowest BCUT2D eigenvalue weighted by molar-refractivity contribution is -0.137. The van der Waals surface area contributed by atoms with Crippen LogP contribution in [0.2, 0.25) is 0 Å². The van der Waals surface area contributed by atoms with Crippen molar-refractivity contribution in [2.75, 3.05) is 6.61 Å². The first-order chi connectivity index (χ1) is 10.7. The molecule has 2 unspecified atom stereocenters. The molecule has 130 valence electrons. The normalized spacial score (nSPS) is 33.4. The second-order valence-electron chi connectivity index (χ2n) is 8.32. The van der Waals surface area contributed by atoms with Crippen molar-refractivity contribution < 1.29 is 19.1 Å². The molecule has 0 aliphatic carbocycles. The van der Waals surface area contributed by atoms with E-state index >= 15 is 0 Å². The highest BCUT2D eigenvalue weighted by Gasteiger charge is 2.39. The Kier molecular flexibility index (Phi) is 5.66. The van der Waals surface area contributed by atoms with Gasteiger partial charge in [-0.15, -0.1) is 0 Å². The standard InChI is InChI=1S/C19H30O4/c1-18(2)11-6-7-14-15(23-14)10-12-22-17(21)9-5-8-16(20)19(3,4)13-18/h5,9,14-15H,6-8,10-13H2,1-4H3/b9-5+. The molecule has 0 bridgehead atoms. The van der Waals surface area contributed by atoms with Crippen molar-refractivity contribution in [3.05, 3.63) is 12.2 Å². The van der Waals surface area contributed by atoms with Crippen LogP contribution in [0.5, 0.6) is 0 Å². The maximum atomic E-state index is 12.5. The van der Waals surface area contributed by atoms with Crippen LogP contribution in [-0.2, 0) is 19.1 Å². The second kappa shape index (κ2) is 7.16. The molecule has 0 spiro atoms. The van der Waals surface area contributed by atoms with Gasteiger partial charge in [0.05, 0.1) is 18.8 Å². The maximum Gasteiger partial charge on any atom is 0.330 e. The summed E-state index contributed by atoms with van der Waals surface area (Å²) in [5.74, 6) is -0.201. The molecule has 1 fully saturated rings. The summed E-state index contributed by atoms with van der Waals surface area (Å²) < 4.78 is 10.8. The molecule has 0 aromatic rings. The molecule has 2 aliphatic rings. The van der Waals surface area contributed by atoms with Gasteiger partial charge < -0.3 is 9.47 Å². The quantitative estimate of drug-likeness (QED) is 0.502. The van der Waals surface area contributed by atoms with Crippen molar-refractivity contribution in [1.29, 1.82) is 0 Å². The van der Waals surface area contributed by atoms with Gasteiger partial charge in [0.1, 0.15) is 5.78 Å². The Balaban J connectivity index is 2.02. The zero-order chi connectivity index (χ0) is 17.1. The number of epoxide rings is 1. The van der Waals surface area contributed by atoms with E-state index < -0.39 is 0 Å². The van der Waals surface area contributed by atoms with Gasteiger partial charge in [-0.3, -0.25) is 4.79 Å². The third-order valence-electron chi connectivity index (χ3n) is 4.91. The zero-order valence-electron chi connectivity index (χ0n) is 14.9. The van der Waals surface area contributed by atoms with Crippen LogP contribution in [-0.4, -0.2) is 30.6 Å². The van der Waals surface area contributed by atoms with Gasteiger partial charge in [0.2, 0.25) is 0 Å². The topological polar surface area (TPSA) is 55.9 Å². The second-order valence-corrected chi connectivity index (χ2v) is 8.32. The van der Waals surface area contributed by atoms with Gasteiger partial charge in [-0.25, -0.2) is 4.79 Å². The zero-order valence-corrected chi connectivity index (χ0v) is 14.9. The van der Waals surface area contributed by atoms with Crippen LogP contribution in [0.15, 0.2) is 12.2 Å². The summed E-state index contributed by atoms with van der Waals surface area (Å²) in [7, 11) is 0. The summed E-state index contributed by atoms with van der Waals surface area (Å²) in [6.07, 6.45) is 8.73. The fourth-order valence-corrected chi connectivity index (χ4v) is 3.71. The molecule has 0 amide bonds. The molecule has 2 heterocycles.